The van der Waals surface area contributed by atoms with E-state index in [1.54, 1.807) is 10.4 Å². The molecule has 0 radical (unpaired) electrons. The number of aryl methyl sites for hydroxylation is 1. The Morgan fingerprint density at radius 1 is 0.963 bits per heavy atom. The zero-order valence-corrected chi connectivity index (χ0v) is 16.5. The van der Waals surface area contributed by atoms with Gasteiger partial charge in [0.1, 0.15) is 0 Å². The fraction of sp³-hybridized carbons (Fsp3) is 0.364. The molecular weight excluding hydrogens is 356 g/mol. The number of sulfonamides is 1. The zero-order valence-electron chi connectivity index (χ0n) is 15.7. The fourth-order valence-electron chi connectivity index (χ4n) is 3.73. The summed E-state index contributed by atoms with van der Waals surface area (Å²) in [6, 6.07) is 18.4. The molecular formula is C22H26N2O2S. The fourth-order valence-corrected chi connectivity index (χ4v) is 5.10. The summed E-state index contributed by atoms with van der Waals surface area (Å²) in [5.74, 6) is 0. The third kappa shape index (κ3) is 4.32. The lowest BCUT2D eigenvalue weighted by Crippen LogP contribution is -2.50. The number of nitrogens with zero attached hydrogens (tertiary/aromatic N) is 2. The Balaban J connectivity index is 1.59. The predicted molar refractivity (Wildman–Crippen MR) is 110 cm³/mol. The first-order chi connectivity index (χ1) is 13.0. The van der Waals surface area contributed by atoms with Crippen LogP contribution < -0.4 is 0 Å². The summed E-state index contributed by atoms with van der Waals surface area (Å²) in [6.45, 7) is 4.14. The highest BCUT2D eigenvalue weighted by Gasteiger charge is 2.39. The number of hydrogen-bond donors (Lipinski definition) is 0. The number of rotatable bonds is 5. The van der Waals surface area contributed by atoms with Gasteiger partial charge in [-0.1, -0.05) is 60.2 Å². The van der Waals surface area contributed by atoms with Crippen molar-refractivity contribution in [1.82, 2.24) is 9.21 Å². The van der Waals surface area contributed by atoms with E-state index >= 15 is 0 Å². The van der Waals surface area contributed by atoms with E-state index < -0.39 is 10.0 Å². The van der Waals surface area contributed by atoms with Crippen molar-refractivity contribution in [3.63, 3.8) is 0 Å². The Labute approximate surface area is 162 Å². The number of piperazine rings is 1. The van der Waals surface area contributed by atoms with Crippen LogP contribution in [0.25, 0.3) is 6.08 Å². The quantitative estimate of drug-likeness (QED) is 0.789. The Kier molecular flexibility index (Phi) is 5.17. The molecule has 2 fully saturated rings. The molecule has 27 heavy (non-hydrogen) atoms. The standard InChI is InChI=1S/C22H26N2O2S/c1-18-7-9-19(10-8-18)13-16-27(25,26)24-15-14-23(21-11-12-21)17-22(24)20-5-3-2-4-6-20/h2-10,13,16,21-22H,11-12,14-15,17H2,1H3/b16-13+. The lowest BCUT2D eigenvalue weighted by atomic mass is 10.0. The van der Waals surface area contributed by atoms with Gasteiger partial charge in [0.25, 0.3) is 0 Å². The molecule has 1 saturated carbocycles. The minimum atomic E-state index is -3.49. The summed E-state index contributed by atoms with van der Waals surface area (Å²) in [6.07, 6.45) is 4.17. The van der Waals surface area contributed by atoms with Crippen molar-refractivity contribution in [1.29, 1.82) is 0 Å². The van der Waals surface area contributed by atoms with E-state index in [9.17, 15) is 8.42 Å². The van der Waals surface area contributed by atoms with Crippen LogP contribution in [-0.4, -0.2) is 43.3 Å². The summed E-state index contributed by atoms with van der Waals surface area (Å²) < 4.78 is 27.9. The van der Waals surface area contributed by atoms with Crippen LogP contribution in [0.5, 0.6) is 0 Å². The first kappa shape index (κ1) is 18.4. The van der Waals surface area contributed by atoms with E-state index in [2.05, 4.69) is 4.90 Å². The van der Waals surface area contributed by atoms with E-state index in [0.29, 0.717) is 12.6 Å². The molecule has 1 saturated heterocycles. The van der Waals surface area contributed by atoms with E-state index in [4.69, 9.17) is 0 Å². The summed E-state index contributed by atoms with van der Waals surface area (Å²) in [5, 5.41) is 1.36. The zero-order chi connectivity index (χ0) is 18.9. The number of benzene rings is 2. The van der Waals surface area contributed by atoms with Crippen molar-refractivity contribution >= 4 is 16.1 Å². The van der Waals surface area contributed by atoms with Crippen LogP contribution >= 0.6 is 0 Å². The van der Waals surface area contributed by atoms with Gasteiger partial charge in [0.05, 0.1) is 6.04 Å². The molecule has 0 amide bonds. The van der Waals surface area contributed by atoms with E-state index in [1.807, 2.05) is 61.5 Å². The maximum atomic E-state index is 13.1. The number of hydrogen-bond acceptors (Lipinski definition) is 3. The molecule has 0 spiro atoms. The van der Waals surface area contributed by atoms with Gasteiger partial charge in [0.15, 0.2) is 0 Å². The molecule has 1 aliphatic carbocycles. The highest BCUT2D eigenvalue weighted by atomic mass is 32.2. The minimum Gasteiger partial charge on any atom is -0.297 e. The van der Waals surface area contributed by atoms with Gasteiger partial charge in [0.2, 0.25) is 10.0 Å². The Morgan fingerprint density at radius 2 is 1.67 bits per heavy atom. The van der Waals surface area contributed by atoms with Crippen LogP contribution in [0.15, 0.2) is 60.0 Å². The molecule has 0 aromatic heterocycles. The SMILES string of the molecule is Cc1ccc(/C=C/S(=O)(=O)N2CCN(C3CC3)CC2c2ccccc2)cc1. The molecule has 4 nitrogen and oxygen atoms in total. The topological polar surface area (TPSA) is 40.6 Å². The first-order valence-corrected chi connectivity index (χ1v) is 11.1. The average molecular weight is 383 g/mol. The lowest BCUT2D eigenvalue weighted by molar-refractivity contribution is 0.130. The van der Waals surface area contributed by atoms with Gasteiger partial charge in [-0.25, -0.2) is 8.42 Å². The van der Waals surface area contributed by atoms with Crippen molar-refractivity contribution in [3.8, 4) is 0 Å². The average Bonchev–Trinajstić information content (AvgIpc) is 3.53. The van der Waals surface area contributed by atoms with Gasteiger partial charge < -0.3 is 0 Å². The molecule has 0 N–H and O–H groups in total. The molecule has 1 aliphatic heterocycles. The highest BCUT2D eigenvalue weighted by Crippen LogP contribution is 2.35. The predicted octanol–water partition coefficient (Wildman–Crippen LogP) is 3.82. The van der Waals surface area contributed by atoms with Gasteiger partial charge in [0, 0.05) is 31.1 Å². The molecule has 1 heterocycles. The molecule has 1 unspecified atom stereocenters. The van der Waals surface area contributed by atoms with Crippen LogP contribution in [0, 0.1) is 6.92 Å². The van der Waals surface area contributed by atoms with Crippen molar-refractivity contribution in [2.24, 2.45) is 0 Å². The Bertz CT molecular complexity index is 903. The highest BCUT2D eigenvalue weighted by molar-refractivity contribution is 7.92. The molecule has 142 valence electrons. The smallest absolute Gasteiger partial charge is 0.236 e. The van der Waals surface area contributed by atoms with Gasteiger partial charge in [-0.2, -0.15) is 4.31 Å². The van der Waals surface area contributed by atoms with Crippen LogP contribution in [0.4, 0.5) is 0 Å². The third-order valence-corrected chi connectivity index (χ3v) is 7.02. The summed E-state index contributed by atoms with van der Waals surface area (Å²) in [7, 11) is -3.49. The van der Waals surface area contributed by atoms with Gasteiger partial charge in [-0.15, -0.1) is 0 Å². The van der Waals surface area contributed by atoms with E-state index in [-0.39, 0.29) is 6.04 Å². The monoisotopic (exact) mass is 382 g/mol. The Morgan fingerprint density at radius 3 is 2.33 bits per heavy atom. The van der Waals surface area contributed by atoms with Crippen LogP contribution in [0.2, 0.25) is 0 Å². The maximum absolute atomic E-state index is 13.1. The molecule has 0 bridgehead atoms. The van der Waals surface area contributed by atoms with Crippen LogP contribution in [0.3, 0.4) is 0 Å². The Hall–Kier alpha value is -1.95. The largest absolute Gasteiger partial charge is 0.297 e. The minimum absolute atomic E-state index is 0.131. The molecule has 5 heteroatoms. The second-order valence-corrected chi connectivity index (χ2v) is 9.29. The van der Waals surface area contributed by atoms with Crippen molar-refractivity contribution < 1.29 is 8.42 Å². The van der Waals surface area contributed by atoms with Crippen molar-refractivity contribution in [2.45, 2.75) is 31.8 Å². The molecule has 2 aromatic carbocycles. The normalized spacial score (nSPS) is 22.3. The van der Waals surface area contributed by atoms with E-state index in [1.165, 1.54) is 18.2 Å². The van der Waals surface area contributed by atoms with Crippen molar-refractivity contribution in [3.05, 3.63) is 76.7 Å². The summed E-state index contributed by atoms with van der Waals surface area (Å²) in [4.78, 5) is 2.45. The van der Waals surface area contributed by atoms with Crippen LogP contribution in [-0.2, 0) is 10.0 Å². The van der Waals surface area contributed by atoms with E-state index in [0.717, 1.165) is 29.8 Å². The summed E-state index contributed by atoms with van der Waals surface area (Å²) in [5.41, 5.74) is 3.13. The van der Waals surface area contributed by atoms with Crippen molar-refractivity contribution in [2.75, 3.05) is 19.6 Å². The third-order valence-electron chi connectivity index (χ3n) is 5.45. The summed E-state index contributed by atoms with van der Waals surface area (Å²) >= 11 is 0. The first-order valence-electron chi connectivity index (χ1n) is 9.58. The lowest BCUT2D eigenvalue weighted by Gasteiger charge is -2.40. The molecule has 1 atom stereocenters. The molecule has 4 rings (SSSR count). The second kappa shape index (κ2) is 7.58. The molecule has 2 aromatic rings. The maximum Gasteiger partial charge on any atom is 0.236 e. The van der Waals surface area contributed by atoms with Gasteiger partial charge in [-0.05, 0) is 37.0 Å². The molecule has 2 aliphatic rings. The van der Waals surface area contributed by atoms with Crippen LogP contribution in [0.1, 0.15) is 35.6 Å². The van der Waals surface area contributed by atoms with Gasteiger partial charge >= 0.3 is 0 Å². The van der Waals surface area contributed by atoms with Gasteiger partial charge in [-0.3, -0.25) is 4.90 Å². The second-order valence-electron chi connectivity index (χ2n) is 7.52.